The summed E-state index contributed by atoms with van der Waals surface area (Å²) in [5, 5.41) is 6.81. The van der Waals surface area contributed by atoms with Gasteiger partial charge < -0.3 is 15.4 Å². The lowest BCUT2D eigenvalue weighted by Crippen LogP contribution is -2.45. The van der Waals surface area contributed by atoms with E-state index in [4.69, 9.17) is 4.74 Å². The fraction of sp³-hybridized carbons (Fsp3) is 0.632. The Morgan fingerprint density at radius 2 is 2.11 bits per heavy atom. The van der Waals surface area contributed by atoms with Crippen LogP contribution in [0.1, 0.15) is 19.3 Å². The van der Waals surface area contributed by atoms with Gasteiger partial charge in [-0.2, -0.15) is 0 Å². The van der Waals surface area contributed by atoms with E-state index in [1.807, 2.05) is 12.1 Å². The number of hydrogen-bond acceptors (Lipinski definition) is 4. The van der Waals surface area contributed by atoms with E-state index in [0.29, 0.717) is 6.04 Å². The number of nitrogens with zero attached hydrogens (tertiary/aromatic N) is 2. The van der Waals surface area contributed by atoms with Crippen molar-refractivity contribution < 1.29 is 9.13 Å². The van der Waals surface area contributed by atoms with Crippen molar-refractivity contribution in [2.75, 3.05) is 52.7 Å². The molecule has 0 aliphatic carbocycles. The van der Waals surface area contributed by atoms with E-state index in [9.17, 15) is 4.39 Å². The number of thioether (sulfide) groups is 1. The van der Waals surface area contributed by atoms with Crippen molar-refractivity contribution in [3.63, 3.8) is 0 Å². The molecule has 0 aromatic heterocycles. The smallest absolute Gasteiger partial charge is 0.191 e. The van der Waals surface area contributed by atoms with Crippen LogP contribution in [0.3, 0.4) is 0 Å². The number of benzene rings is 1. The van der Waals surface area contributed by atoms with Gasteiger partial charge in [-0.3, -0.25) is 9.89 Å². The molecule has 1 heterocycles. The molecule has 1 saturated heterocycles. The second-order valence-electron chi connectivity index (χ2n) is 6.36. The Morgan fingerprint density at radius 3 is 2.81 bits per heavy atom. The Bertz CT molecular complexity index is 547. The van der Waals surface area contributed by atoms with E-state index in [2.05, 4.69) is 20.5 Å². The van der Waals surface area contributed by atoms with Crippen LogP contribution in [0.25, 0.3) is 0 Å². The van der Waals surface area contributed by atoms with Gasteiger partial charge in [0.2, 0.25) is 0 Å². The minimum atomic E-state index is -0.186. The highest BCUT2D eigenvalue weighted by Crippen LogP contribution is 2.18. The van der Waals surface area contributed by atoms with E-state index in [-0.39, 0.29) is 29.8 Å². The second kappa shape index (κ2) is 14.4. The first kappa shape index (κ1) is 24.5. The van der Waals surface area contributed by atoms with Gasteiger partial charge in [0.15, 0.2) is 5.96 Å². The minimum absolute atomic E-state index is 0. The third kappa shape index (κ3) is 9.45. The first-order valence-corrected chi connectivity index (χ1v) is 10.3. The van der Waals surface area contributed by atoms with Crippen LogP contribution in [0.5, 0.6) is 0 Å². The molecule has 1 aromatic rings. The highest BCUT2D eigenvalue weighted by Gasteiger charge is 2.23. The summed E-state index contributed by atoms with van der Waals surface area (Å²) in [4.78, 5) is 7.90. The summed E-state index contributed by atoms with van der Waals surface area (Å²) in [6, 6.07) is 7.21. The summed E-state index contributed by atoms with van der Waals surface area (Å²) in [6.45, 7) is 4.71. The first-order chi connectivity index (χ1) is 12.7. The van der Waals surface area contributed by atoms with Crippen molar-refractivity contribution in [2.45, 2.75) is 30.2 Å². The molecule has 0 amide bonds. The number of aliphatic imine (C=N–C) groups is 1. The number of rotatable bonds is 10. The van der Waals surface area contributed by atoms with Gasteiger partial charge in [0.1, 0.15) is 5.82 Å². The van der Waals surface area contributed by atoms with Gasteiger partial charge in [-0.25, -0.2) is 4.39 Å². The molecule has 2 N–H and O–H groups in total. The van der Waals surface area contributed by atoms with E-state index in [1.54, 1.807) is 25.9 Å². The number of ether oxygens (including phenoxy) is 1. The van der Waals surface area contributed by atoms with Gasteiger partial charge in [-0.1, -0.05) is 0 Å². The number of likely N-dealkylation sites (tertiary alicyclic amines) is 1. The van der Waals surface area contributed by atoms with Gasteiger partial charge in [0, 0.05) is 44.7 Å². The number of guanidine groups is 1. The largest absolute Gasteiger partial charge is 0.383 e. The molecule has 2 rings (SSSR count). The molecule has 1 unspecified atom stereocenters. The highest BCUT2D eigenvalue weighted by atomic mass is 127. The van der Waals surface area contributed by atoms with Crippen molar-refractivity contribution >= 4 is 41.7 Å². The van der Waals surface area contributed by atoms with E-state index in [1.165, 1.54) is 25.0 Å². The Kier molecular flexibility index (Phi) is 13.1. The zero-order valence-electron chi connectivity index (χ0n) is 16.2. The first-order valence-electron chi connectivity index (χ1n) is 9.29. The summed E-state index contributed by atoms with van der Waals surface area (Å²) in [6.07, 6.45) is 3.50. The Balaban J connectivity index is 0.00000364. The lowest BCUT2D eigenvalue weighted by Gasteiger charge is -2.25. The molecule has 1 aliphatic rings. The summed E-state index contributed by atoms with van der Waals surface area (Å²) in [5.41, 5.74) is 0. The topological polar surface area (TPSA) is 48.9 Å². The molecule has 0 saturated carbocycles. The zero-order valence-corrected chi connectivity index (χ0v) is 19.4. The molecule has 0 spiro atoms. The van der Waals surface area contributed by atoms with Gasteiger partial charge in [0.25, 0.3) is 0 Å². The molecule has 8 heteroatoms. The van der Waals surface area contributed by atoms with Crippen molar-refractivity contribution in [1.29, 1.82) is 0 Å². The standard InChI is InChI=1S/C19H31FN4OS.HI/c1-21-19(23-15-17-5-3-11-24(17)12-13-25-2)22-10-4-14-26-18-8-6-16(20)7-9-18;/h6-9,17H,3-5,10-15H2,1-2H3,(H2,21,22,23);1H. The average molecular weight is 510 g/mol. The van der Waals surface area contributed by atoms with E-state index < -0.39 is 0 Å². The van der Waals surface area contributed by atoms with Gasteiger partial charge in [-0.05, 0) is 55.8 Å². The molecule has 5 nitrogen and oxygen atoms in total. The van der Waals surface area contributed by atoms with Gasteiger partial charge in [0.05, 0.1) is 6.61 Å². The maximum atomic E-state index is 12.9. The molecule has 1 aliphatic heterocycles. The van der Waals surface area contributed by atoms with E-state index >= 15 is 0 Å². The van der Waals surface area contributed by atoms with Crippen LogP contribution in [-0.2, 0) is 4.74 Å². The molecule has 1 atom stereocenters. The lowest BCUT2D eigenvalue weighted by atomic mass is 10.2. The van der Waals surface area contributed by atoms with Crippen LogP contribution in [0.15, 0.2) is 34.2 Å². The SMILES string of the molecule is CN=C(NCCCSc1ccc(F)cc1)NCC1CCCN1CCOC.I. The predicted molar refractivity (Wildman–Crippen MR) is 123 cm³/mol. The quantitative estimate of drug-likeness (QED) is 0.167. The lowest BCUT2D eigenvalue weighted by molar-refractivity contribution is 0.141. The maximum absolute atomic E-state index is 12.9. The molecule has 0 bridgehead atoms. The summed E-state index contributed by atoms with van der Waals surface area (Å²) in [5.74, 6) is 1.66. The average Bonchev–Trinajstić information content (AvgIpc) is 3.11. The fourth-order valence-electron chi connectivity index (χ4n) is 3.06. The molecular weight excluding hydrogens is 478 g/mol. The molecule has 0 radical (unpaired) electrons. The van der Waals surface area contributed by atoms with Crippen molar-refractivity contribution in [2.24, 2.45) is 4.99 Å². The minimum Gasteiger partial charge on any atom is -0.383 e. The Hall–Kier alpha value is -0.580. The highest BCUT2D eigenvalue weighted by molar-refractivity contribution is 14.0. The molecule has 1 fully saturated rings. The van der Waals surface area contributed by atoms with Crippen molar-refractivity contribution in [3.8, 4) is 0 Å². The normalized spacial score (nSPS) is 17.6. The second-order valence-corrected chi connectivity index (χ2v) is 7.53. The molecule has 1 aromatic carbocycles. The summed E-state index contributed by atoms with van der Waals surface area (Å²) >= 11 is 1.74. The number of hydrogen-bond donors (Lipinski definition) is 2. The number of methoxy groups -OCH3 is 1. The summed E-state index contributed by atoms with van der Waals surface area (Å²) in [7, 11) is 3.56. The van der Waals surface area contributed by atoms with Crippen LogP contribution in [0.2, 0.25) is 0 Å². The van der Waals surface area contributed by atoms with Crippen molar-refractivity contribution in [1.82, 2.24) is 15.5 Å². The van der Waals surface area contributed by atoms with Crippen LogP contribution in [0.4, 0.5) is 4.39 Å². The van der Waals surface area contributed by atoms with Crippen LogP contribution in [0, 0.1) is 5.82 Å². The molecule has 154 valence electrons. The number of halogens is 2. The number of nitrogens with one attached hydrogen (secondary N) is 2. The third-order valence-electron chi connectivity index (χ3n) is 4.51. The van der Waals surface area contributed by atoms with Gasteiger partial charge in [-0.15, -0.1) is 35.7 Å². The van der Waals surface area contributed by atoms with Crippen molar-refractivity contribution in [3.05, 3.63) is 30.1 Å². The fourth-order valence-corrected chi connectivity index (χ4v) is 3.92. The Labute approximate surface area is 183 Å². The molecule has 27 heavy (non-hydrogen) atoms. The Morgan fingerprint density at radius 1 is 1.33 bits per heavy atom. The van der Waals surface area contributed by atoms with E-state index in [0.717, 1.165) is 55.8 Å². The molecular formula is C19H32FIN4OS. The van der Waals surface area contributed by atoms with Gasteiger partial charge >= 0.3 is 0 Å². The van der Waals surface area contributed by atoms with Crippen LogP contribution in [-0.4, -0.2) is 69.6 Å². The third-order valence-corrected chi connectivity index (χ3v) is 5.60. The predicted octanol–water partition coefficient (Wildman–Crippen LogP) is 3.20. The maximum Gasteiger partial charge on any atom is 0.191 e. The van der Waals surface area contributed by atoms with Crippen LogP contribution < -0.4 is 10.6 Å². The summed E-state index contributed by atoms with van der Waals surface area (Å²) < 4.78 is 18.1. The monoisotopic (exact) mass is 510 g/mol. The van der Waals surface area contributed by atoms with Crippen LogP contribution >= 0.6 is 35.7 Å². The zero-order chi connectivity index (χ0) is 18.6.